The van der Waals surface area contributed by atoms with E-state index in [0.29, 0.717) is 17.8 Å². The van der Waals surface area contributed by atoms with Gasteiger partial charge in [0.2, 0.25) is 0 Å². The summed E-state index contributed by atoms with van der Waals surface area (Å²) >= 11 is 0. The van der Waals surface area contributed by atoms with Gasteiger partial charge in [-0.05, 0) is 49.9 Å². The van der Waals surface area contributed by atoms with Crippen molar-refractivity contribution in [2.75, 3.05) is 7.05 Å². The fraction of sp³-hybridized carbons (Fsp3) is 0.647. The predicted octanol–water partition coefficient (Wildman–Crippen LogP) is 4.35. The summed E-state index contributed by atoms with van der Waals surface area (Å²) in [5.74, 6) is 1.15. The SMILES string of the molecule is CCC(c1ccc(O)cc1)N(C)C1CCCCC1C. The summed E-state index contributed by atoms with van der Waals surface area (Å²) in [7, 11) is 2.27. The second-order valence-electron chi connectivity index (χ2n) is 6.01. The van der Waals surface area contributed by atoms with E-state index in [9.17, 15) is 5.11 Å². The van der Waals surface area contributed by atoms with E-state index in [1.165, 1.54) is 31.2 Å². The van der Waals surface area contributed by atoms with Crippen molar-refractivity contribution in [2.45, 2.75) is 58.0 Å². The molecule has 0 spiro atoms. The summed E-state index contributed by atoms with van der Waals surface area (Å²) in [4.78, 5) is 2.57. The molecule has 2 nitrogen and oxygen atoms in total. The van der Waals surface area contributed by atoms with Crippen LogP contribution in [-0.4, -0.2) is 23.1 Å². The maximum Gasteiger partial charge on any atom is 0.115 e. The zero-order valence-electron chi connectivity index (χ0n) is 12.5. The second-order valence-corrected chi connectivity index (χ2v) is 6.01. The molecule has 1 aromatic carbocycles. The Balaban J connectivity index is 2.13. The van der Waals surface area contributed by atoms with E-state index in [-0.39, 0.29) is 0 Å². The summed E-state index contributed by atoms with van der Waals surface area (Å²) in [6.07, 6.45) is 6.56. The van der Waals surface area contributed by atoms with Crippen LogP contribution in [0.4, 0.5) is 0 Å². The Morgan fingerprint density at radius 3 is 2.42 bits per heavy atom. The van der Waals surface area contributed by atoms with Crippen LogP contribution in [0.2, 0.25) is 0 Å². The molecule has 19 heavy (non-hydrogen) atoms. The van der Waals surface area contributed by atoms with Crippen LogP contribution in [0.15, 0.2) is 24.3 Å². The molecule has 0 saturated heterocycles. The molecule has 3 unspecified atom stereocenters. The Morgan fingerprint density at radius 1 is 1.21 bits per heavy atom. The lowest BCUT2D eigenvalue weighted by Gasteiger charge is -2.40. The molecule has 0 heterocycles. The van der Waals surface area contributed by atoms with Crippen LogP contribution in [0.1, 0.15) is 57.6 Å². The molecule has 106 valence electrons. The van der Waals surface area contributed by atoms with Crippen LogP contribution in [0.25, 0.3) is 0 Å². The highest BCUT2D eigenvalue weighted by Gasteiger charge is 2.29. The van der Waals surface area contributed by atoms with E-state index in [1.54, 1.807) is 12.1 Å². The average Bonchev–Trinajstić information content (AvgIpc) is 2.42. The van der Waals surface area contributed by atoms with E-state index in [0.717, 1.165) is 12.3 Å². The Kier molecular flexibility index (Phi) is 4.87. The predicted molar refractivity (Wildman–Crippen MR) is 80.3 cm³/mol. The maximum atomic E-state index is 9.43. The third kappa shape index (κ3) is 3.30. The molecule has 0 bridgehead atoms. The van der Waals surface area contributed by atoms with Crippen molar-refractivity contribution in [3.63, 3.8) is 0 Å². The highest BCUT2D eigenvalue weighted by molar-refractivity contribution is 5.28. The number of nitrogens with zero attached hydrogens (tertiary/aromatic N) is 1. The van der Waals surface area contributed by atoms with Crippen LogP contribution in [-0.2, 0) is 0 Å². The van der Waals surface area contributed by atoms with Gasteiger partial charge >= 0.3 is 0 Å². The van der Waals surface area contributed by atoms with Crippen molar-refractivity contribution in [2.24, 2.45) is 5.92 Å². The van der Waals surface area contributed by atoms with E-state index in [4.69, 9.17) is 0 Å². The van der Waals surface area contributed by atoms with Gasteiger partial charge in [0, 0.05) is 12.1 Å². The summed E-state index contributed by atoms with van der Waals surface area (Å²) < 4.78 is 0. The van der Waals surface area contributed by atoms with E-state index in [2.05, 4.69) is 37.9 Å². The third-order valence-electron chi connectivity index (χ3n) is 4.75. The average molecular weight is 261 g/mol. The van der Waals surface area contributed by atoms with Gasteiger partial charge in [-0.2, -0.15) is 0 Å². The van der Waals surface area contributed by atoms with Gasteiger partial charge in [-0.1, -0.05) is 38.8 Å². The van der Waals surface area contributed by atoms with Crippen LogP contribution in [0, 0.1) is 5.92 Å². The largest absolute Gasteiger partial charge is 0.508 e. The van der Waals surface area contributed by atoms with Gasteiger partial charge < -0.3 is 5.11 Å². The van der Waals surface area contributed by atoms with Gasteiger partial charge in [0.1, 0.15) is 5.75 Å². The summed E-state index contributed by atoms with van der Waals surface area (Å²) in [6, 6.07) is 8.89. The minimum Gasteiger partial charge on any atom is -0.508 e. The fourth-order valence-electron chi connectivity index (χ4n) is 3.59. The van der Waals surface area contributed by atoms with Crippen LogP contribution < -0.4 is 0 Å². The maximum absolute atomic E-state index is 9.43. The lowest BCUT2D eigenvalue weighted by Crippen LogP contribution is -2.41. The lowest BCUT2D eigenvalue weighted by molar-refractivity contribution is 0.0938. The number of rotatable bonds is 4. The number of benzene rings is 1. The van der Waals surface area contributed by atoms with Crippen molar-refractivity contribution >= 4 is 0 Å². The molecule has 0 amide bonds. The highest BCUT2D eigenvalue weighted by Crippen LogP contribution is 2.34. The minimum atomic E-state index is 0.354. The summed E-state index contributed by atoms with van der Waals surface area (Å²) in [6.45, 7) is 4.64. The van der Waals surface area contributed by atoms with Crippen molar-refractivity contribution in [1.29, 1.82) is 0 Å². The first kappa shape index (κ1) is 14.4. The van der Waals surface area contributed by atoms with E-state index in [1.807, 2.05) is 0 Å². The molecular formula is C17H27NO. The van der Waals surface area contributed by atoms with Crippen LogP contribution >= 0.6 is 0 Å². The topological polar surface area (TPSA) is 23.5 Å². The quantitative estimate of drug-likeness (QED) is 0.870. The number of hydrogen-bond donors (Lipinski definition) is 1. The molecule has 0 radical (unpaired) electrons. The van der Waals surface area contributed by atoms with Crippen molar-refractivity contribution < 1.29 is 5.11 Å². The Bertz CT molecular complexity index is 387. The number of aromatic hydroxyl groups is 1. The van der Waals surface area contributed by atoms with Gasteiger partial charge in [-0.25, -0.2) is 0 Å². The van der Waals surface area contributed by atoms with Gasteiger partial charge in [0.25, 0.3) is 0 Å². The third-order valence-corrected chi connectivity index (χ3v) is 4.75. The zero-order valence-corrected chi connectivity index (χ0v) is 12.5. The molecule has 1 N–H and O–H groups in total. The number of phenolic OH excluding ortho intramolecular Hbond substituents is 1. The Morgan fingerprint density at radius 2 is 1.84 bits per heavy atom. The van der Waals surface area contributed by atoms with Crippen LogP contribution in [0.5, 0.6) is 5.75 Å². The Hall–Kier alpha value is -1.02. The first-order valence-corrected chi connectivity index (χ1v) is 7.64. The number of phenols is 1. The van der Waals surface area contributed by atoms with E-state index < -0.39 is 0 Å². The number of hydrogen-bond acceptors (Lipinski definition) is 2. The standard InChI is InChI=1S/C17H27NO/c1-4-16(14-9-11-15(19)12-10-14)18(3)17-8-6-5-7-13(17)2/h9-13,16-17,19H,4-8H2,1-3H3. The first-order chi connectivity index (χ1) is 9.13. The molecule has 1 fully saturated rings. The molecule has 0 aliphatic heterocycles. The molecule has 1 saturated carbocycles. The molecular weight excluding hydrogens is 234 g/mol. The minimum absolute atomic E-state index is 0.354. The normalized spacial score (nSPS) is 25.5. The van der Waals surface area contributed by atoms with Gasteiger partial charge in [0.05, 0.1) is 0 Å². The molecule has 3 atom stereocenters. The second kappa shape index (κ2) is 6.42. The molecule has 2 heteroatoms. The zero-order chi connectivity index (χ0) is 13.8. The molecule has 2 rings (SSSR count). The monoisotopic (exact) mass is 261 g/mol. The smallest absolute Gasteiger partial charge is 0.115 e. The Labute approximate surface area is 117 Å². The summed E-state index contributed by atoms with van der Waals surface area (Å²) in [5, 5.41) is 9.43. The van der Waals surface area contributed by atoms with Crippen LogP contribution in [0.3, 0.4) is 0 Å². The molecule has 1 aliphatic rings. The fourth-order valence-corrected chi connectivity index (χ4v) is 3.59. The molecule has 1 aromatic rings. The lowest BCUT2D eigenvalue weighted by atomic mass is 9.84. The van der Waals surface area contributed by atoms with Gasteiger partial charge in [-0.15, -0.1) is 0 Å². The molecule has 0 aromatic heterocycles. The van der Waals surface area contributed by atoms with Gasteiger partial charge in [0.15, 0.2) is 0 Å². The highest BCUT2D eigenvalue weighted by atomic mass is 16.3. The summed E-state index contributed by atoms with van der Waals surface area (Å²) in [5.41, 5.74) is 1.32. The first-order valence-electron chi connectivity index (χ1n) is 7.64. The van der Waals surface area contributed by atoms with Crippen molar-refractivity contribution in [3.8, 4) is 5.75 Å². The molecule has 1 aliphatic carbocycles. The van der Waals surface area contributed by atoms with Crippen molar-refractivity contribution in [1.82, 2.24) is 4.90 Å². The van der Waals surface area contributed by atoms with E-state index >= 15 is 0 Å². The van der Waals surface area contributed by atoms with Crippen molar-refractivity contribution in [3.05, 3.63) is 29.8 Å². The van der Waals surface area contributed by atoms with Gasteiger partial charge in [-0.3, -0.25) is 4.90 Å².